The molecular weight excluding hydrogens is 515 g/mol. The first-order valence-electron chi connectivity index (χ1n) is 9.80. The van der Waals surface area contributed by atoms with E-state index in [1.165, 1.54) is 22.9 Å². The van der Waals surface area contributed by atoms with Gasteiger partial charge in [0.05, 0.1) is 6.54 Å². The van der Waals surface area contributed by atoms with Crippen LogP contribution in [0.1, 0.15) is 38.2 Å². The Morgan fingerprint density at radius 2 is 2.04 bits per heavy atom. The van der Waals surface area contributed by atoms with E-state index in [0.29, 0.717) is 6.04 Å². The molecule has 27 heavy (non-hydrogen) atoms. The van der Waals surface area contributed by atoms with E-state index in [-0.39, 0.29) is 29.4 Å². The number of benzene rings is 1. The Balaban J connectivity index is 0.00000261. The number of guanidine groups is 1. The number of rotatable bonds is 7. The van der Waals surface area contributed by atoms with Crippen molar-refractivity contribution in [2.75, 3.05) is 32.7 Å². The zero-order chi connectivity index (χ0) is 18.4. The average Bonchev–Trinajstić information content (AvgIpc) is 3.43. The lowest BCUT2D eigenvalue weighted by Gasteiger charge is -2.32. The average molecular weight is 547 g/mol. The Labute approximate surface area is 189 Å². The molecule has 0 atom stereocenters. The van der Waals surface area contributed by atoms with E-state index in [2.05, 4.69) is 69.2 Å². The van der Waals surface area contributed by atoms with E-state index in [0.717, 1.165) is 51.5 Å². The number of halogens is 2. The number of hydrogen-bond acceptors (Lipinski definition) is 2. The maximum atomic E-state index is 4.96. The summed E-state index contributed by atoms with van der Waals surface area (Å²) in [5.41, 5.74) is 1.62. The number of piperidine rings is 1. The maximum Gasteiger partial charge on any atom is 0.191 e. The Morgan fingerprint density at radius 1 is 1.33 bits per heavy atom. The summed E-state index contributed by atoms with van der Waals surface area (Å²) in [6, 6.07) is 9.09. The van der Waals surface area contributed by atoms with Crippen LogP contribution < -0.4 is 10.6 Å². The van der Waals surface area contributed by atoms with Gasteiger partial charge in [-0.3, -0.25) is 9.89 Å². The third-order valence-corrected chi connectivity index (χ3v) is 6.19. The van der Waals surface area contributed by atoms with Gasteiger partial charge >= 0.3 is 0 Å². The van der Waals surface area contributed by atoms with E-state index in [9.17, 15) is 0 Å². The fourth-order valence-electron chi connectivity index (χ4n) is 3.74. The van der Waals surface area contributed by atoms with E-state index < -0.39 is 0 Å². The maximum absolute atomic E-state index is 4.96. The summed E-state index contributed by atoms with van der Waals surface area (Å²) >= 11 is 3.72. The molecule has 2 N–H and O–H groups in total. The highest BCUT2D eigenvalue weighted by atomic mass is 127. The Hall–Kier alpha value is -0.600. The van der Waals surface area contributed by atoms with Crippen molar-refractivity contribution in [3.05, 3.63) is 47.0 Å². The van der Waals surface area contributed by atoms with Gasteiger partial charge in [0.25, 0.3) is 0 Å². The van der Waals surface area contributed by atoms with Crippen LogP contribution in [-0.4, -0.2) is 49.6 Å². The summed E-state index contributed by atoms with van der Waals surface area (Å²) < 4.78 is 1.21. The minimum absolute atomic E-state index is 0. The van der Waals surface area contributed by atoms with Crippen molar-refractivity contribution in [1.29, 1.82) is 0 Å². The first-order chi connectivity index (χ1) is 12.7. The van der Waals surface area contributed by atoms with Crippen molar-refractivity contribution in [2.45, 2.75) is 44.1 Å². The molecule has 2 fully saturated rings. The van der Waals surface area contributed by atoms with Gasteiger partial charge in [0.15, 0.2) is 5.96 Å². The second kappa shape index (κ2) is 10.8. The number of aliphatic imine (C=N–C) groups is 1. The van der Waals surface area contributed by atoms with Crippen LogP contribution >= 0.6 is 39.9 Å². The molecule has 1 aliphatic carbocycles. The molecule has 2 aliphatic rings. The third kappa shape index (κ3) is 6.19. The molecule has 0 spiro atoms. The summed E-state index contributed by atoms with van der Waals surface area (Å²) in [5, 5.41) is 7.09. The van der Waals surface area contributed by atoms with Crippen LogP contribution in [0.2, 0.25) is 0 Å². The Bertz CT molecular complexity index is 637. The number of hydrogen-bond donors (Lipinski definition) is 2. The van der Waals surface area contributed by atoms with Crippen LogP contribution in [0, 0.1) is 0 Å². The highest BCUT2D eigenvalue weighted by molar-refractivity contribution is 14.0. The van der Waals surface area contributed by atoms with Crippen molar-refractivity contribution >= 4 is 45.9 Å². The topological polar surface area (TPSA) is 39.7 Å². The van der Waals surface area contributed by atoms with Crippen LogP contribution in [0.15, 0.2) is 46.4 Å². The lowest BCUT2D eigenvalue weighted by Crippen LogP contribution is -2.48. The molecule has 6 heteroatoms. The van der Waals surface area contributed by atoms with Crippen LogP contribution in [-0.2, 0) is 5.41 Å². The van der Waals surface area contributed by atoms with Gasteiger partial charge in [-0.05, 0) is 44.2 Å². The first-order valence-corrected chi connectivity index (χ1v) is 10.6. The molecule has 1 aliphatic heterocycles. The van der Waals surface area contributed by atoms with E-state index in [1.54, 1.807) is 0 Å². The van der Waals surface area contributed by atoms with E-state index >= 15 is 0 Å². The SMILES string of the molecule is C=CCN1CCC(NC(=NCC2(c3ccccc3Br)CC2)NCC)CC1.I. The van der Waals surface area contributed by atoms with Crippen molar-refractivity contribution in [3.63, 3.8) is 0 Å². The molecule has 150 valence electrons. The summed E-state index contributed by atoms with van der Waals surface area (Å²) in [5.74, 6) is 0.966. The molecular formula is C21H32BrIN4. The van der Waals surface area contributed by atoms with Gasteiger partial charge in [-0.1, -0.05) is 40.2 Å². The second-order valence-electron chi connectivity index (χ2n) is 7.46. The zero-order valence-corrected chi connectivity index (χ0v) is 20.1. The predicted octanol–water partition coefficient (Wildman–Crippen LogP) is 4.30. The van der Waals surface area contributed by atoms with Crippen LogP contribution in [0.5, 0.6) is 0 Å². The van der Waals surface area contributed by atoms with Gasteiger partial charge in [0, 0.05) is 42.1 Å². The summed E-state index contributed by atoms with van der Waals surface area (Å²) in [6.45, 7) is 11.0. The Morgan fingerprint density at radius 3 is 2.63 bits per heavy atom. The van der Waals surface area contributed by atoms with Crippen molar-refractivity contribution in [3.8, 4) is 0 Å². The monoisotopic (exact) mass is 546 g/mol. The van der Waals surface area contributed by atoms with Crippen molar-refractivity contribution in [2.24, 2.45) is 4.99 Å². The molecule has 1 aromatic rings. The van der Waals surface area contributed by atoms with Crippen molar-refractivity contribution in [1.82, 2.24) is 15.5 Å². The standard InChI is InChI=1S/C21H31BrN4.HI/c1-3-13-26-14-9-17(10-15-26)25-20(23-4-2)24-16-21(11-12-21)18-7-5-6-8-19(18)22;/h3,5-8,17H,1,4,9-16H2,2H3,(H2,23,24,25);1H. The van der Waals surface area contributed by atoms with Crippen LogP contribution in [0.4, 0.5) is 0 Å². The molecule has 0 aromatic heterocycles. The smallest absolute Gasteiger partial charge is 0.191 e. The van der Waals surface area contributed by atoms with E-state index in [4.69, 9.17) is 4.99 Å². The molecule has 3 rings (SSSR count). The summed E-state index contributed by atoms with van der Waals surface area (Å²) in [6.07, 6.45) is 6.76. The van der Waals surface area contributed by atoms with Crippen LogP contribution in [0.25, 0.3) is 0 Å². The second-order valence-corrected chi connectivity index (χ2v) is 8.32. The number of nitrogens with zero attached hydrogens (tertiary/aromatic N) is 2. The van der Waals surface area contributed by atoms with Gasteiger partial charge in [0.2, 0.25) is 0 Å². The molecule has 1 saturated carbocycles. The largest absolute Gasteiger partial charge is 0.357 e. The third-order valence-electron chi connectivity index (χ3n) is 5.50. The molecule has 0 unspecified atom stereocenters. The highest BCUT2D eigenvalue weighted by Crippen LogP contribution is 2.50. The molecule has 0 radical (unpaired) electrons. The normalized spacial score (nSPS) is 19.9. The van der Waals surface area contributed by atoms with E-state index in [1.807, 2.05) is 6.08 Å². The summed E-state index contributed by atoms with van der Waals surface area (Å²) in [7, 11) is 0. The molecule has 1 heterocycles. The molecule has 0 bridgehead atoms. The predicted molar refractivity (Wildman–Crippen MR) is 129 cm³/mol. The zero-order valence-electron chi connectivity index (χ0n) is 16.2. The molecule has 4 nitrogen and oxygen atoms in total. The number of nitrogens with one attached hydrogen (secondary N) is 2. The van der Waals surface area contributed by atoms with Gasteiger partial charge in [0.1, 0.15) is 0 Å². The lowest BCUT2D eigenvalue weighted by molar-refractivity contribution is 0.225. The molecule has 1 aromatic carbocycles. The highest BCUT2D eigenvalue weighted by Gasteiger charge is 2.45. The first kappa shape index (κ1) is 22.7. The fourth-order valence-corrected chi connectivity index (χ4v) is 4.45. The van der Waals surface area contributed by atoms with Crippen molar-refractivity contribution < 1.29 is 0 Å². The number of likely N-dealkylation sites (tertiary alicyclic amines) is 1. The quantitative estimate of drug-likeness (QED) is 0.232. The lowest BCUT2D eigenvalue weighted by atomic mass is 9.96. The minimum atomic E-state index is 0. The van der Waals surface area contributed by atoms with Gasteiger partial charge in [-0.2, -0.15) is 0 Å². The Kier molecular flexibility index (Phi) is 9.08. The molecule has 1 saturated heterocycles. The van der Waals surface area contributed by atoms with Gasteiger partial charge in [-0.15, -0.1) is 30.6 Å². The van der Waals surface area contributed by atoms with Crippen LogP contribution in [0.3, 0.4) is 0 Å². The fraction of sp³-hybridized carbons (Fsp3) is 0.571. The summed E-state index contributed by atoms with van der Waals surface area (Å²) in [4.78, 5) is 7.42. The van der Waals surface area contributed by atoms with Gasteiger partial charge < -0.3 is 10.6 Å². The molecule has 0 amide bonds. The minimum Gasteiger partial charge on any atom is -0.357 e. The van der Waals surface area contributed by atoms with Gasteiger partial charge in [-0.25, -0.2) is 0 Å².